The van der Waals surface area contributed by atoms with Crippen LogP contribution in [0.1, 0.15) is 106 Å². The predicted molar refractivity (Wildman–Crippen MR) is 126 cm³/mol. The summed E-state index contributed by atoms with van der Waals surface area (Å²) in [5.41, 5.74) is 0.287. The Hall–Kier alpha value is -1.06. The van der Waals surface area contributed by atoms with E-state index < -0.39 is 0 Å². The zero-order chi connectivity index (χ0) is 23.3. The van der Waals surface area contributed by atoms with E-state index in [0.29, 0.717) is 23.7 Å². The zero-order valence-electron chi connectivity index (χ0n) is 21.3. The van der Waals surface area contributed by atoms with Crippen molar-refractivity contribution in [1.82, 2.24) is 0 Å². The lowest BCUT2D eigenvalue weighted by Crippen LogP contribution is -2.60. The van der Waals surface area contributed by atoms with Gasteiger partial charge in [0, 0.05) is 18.8 Å². The summed E-state index contributed by atoms with van der Waals surface area (Å²) in [6.07, 6.45) is 11.4. The van der Waals surface area contributed by atoms with E-state index in [9.17, 15) is 9.59 Å². The van der Waals surface area contributed by atoms with E-state index in [2.05, 4.69) is 34.6 Å². The summed E-state index contributed by atoms with van der Waals surface area (Å²) in [6.45, 7) is 13.4. The molecule has 0 aromatic carbocycles. The lowest BCUT2D eigenvalue weighted by atomic mass is 9.49. The Morgan fingerprint density at radius 3 is 2.41 bits per heavy atom. The van der Waals surface area contributed by atoms with E-state index >= 15 is 0 Å². The Morgan fingerprint density at radius 1 is 1.03 bits per heavy atom. The van der Waals surface area contributed by atoms with Gasteiger partial charge >= 0.3 is 11.9 Å². The second-order valence-corrected chi connectivity index (χ2v) is 12.7. The number of carbonyl (C=O) groups excluding carboxylic acids is 2. The van der Waals surface area contributed by atoms with Crippen LogP contribution in [0.15, 0.2) is 0 Å². The first-order valence-electron chi connectivity index (χ1n) is 13.4. The highest BCUT2D eigenvalue weighted by atomic mass is 16.6. The Balaban J connectivity index is 1.48. The van der Waals surface area contributed by atoms with Crippen molar-refractivity contribution in [2.24, 2.45) is 46.3 Å². The quantitative estimate of drug-likeness (QED) is 0.434. The molecular weight excluding hydrogens is 400 g/mol. The normalized spacial score (nSPS) is 44.3. The van der Waals surface area contributed by atoms with E-state index in [0.717, 1.165) is 30.6 Å². The predicted octanol–water partition coefficient (Wildman–Crippen LogP) is 6.55. The Labute approximate surface area is 195 Å². The minimum Gasteiger partial charge on any atom is -0.463 e. The summed E-state index contributed by atoms with van der Waals surface area (Å²) >= 11 is 0. The van der Waals surface area contributed by atoms with Crippen molar-refractivity contribution >= 4 is 11.9 Å². The molecule has 0 unspecified atom stereocenters. The maximum absolute atomic E-state index is 13.3. The lowest BCUT2D eigenvalue weighted by molar-refractivity contribution is -0.218. The fraction of sp³-hybridized carbons (Fsp3) is 0.929. The highest BCUT2D eigenvalue weighted by molar-refractivity contribution is 5.75. The van der Waals surface area contributed by atoms with Crippen LogP contribution in [0, 0.1) is 46.3 Å². The van der Waals surface area contributed by atoms with Gasteiger partial charge in [0.05, 0.1) is 5.92 Å². The number of hydrogen-bond donors (Lipinski definition) is 0. The standard InChI is InChI=1S/C28H46O4/c1-17(2)8-7-9-18(3)21-10-11-22-25-23(13-15-27(21,22)5)28(6)14-12-20(31-19(4)29)16-24(28)26(30)32-25/h17-18,20-25H,7-16H2,1-6H3/t18-,20-,21-,22-,23+,24+,25+,27+,28+/m0/s1. The van der Waals surface area contributed by atoms with Gasteiger partial charge in [0.2, 0.25) is 0 Å². The molecule has 3 aliphatic carbocycles. The molecule has 4 rings (SSSR count). The van der Waals surface area contributed by atoms with Gasteiger partial charge in [0.15, 0.2) is 0 Å². The summed E-state index contributed by atoms with van der Waals surface area (Å²) < 4.78 is 11.8. The molecule has 4 aliphatic rings. The Bertz CT molecular complexity index is 716. The highest BCUT2D eigenvalue weighted by Crippen LogP contribution is 2.65. The third-order valence-electron chi connectivity index (χ3n) is 10.4. The molecule has 0 aromatic heterocycles. The van der Waals surface area contributed by atoms with Crippen LogP contribution in [0.25, 0.3) is 0 Å². The molecule has 9 atom stereocenters. The van der Waals surface area contributed by atoms with E-state index in [1.54, 1.807) is 0 Å². The molecule has 1 saturated heterocycles. The van der Waals surface area contributed by atoms with Gasteiger partial charge in [-0.15, -0.1) is 0 Å². The maximum Gasteiger partial charge on any atom is 0.309 e. The molecule has 4 heteroatoms. The van der Waals surface area contributed by atoms with Crippen molar-refractivity contribution in [2.75, 3.05) is 0 Å². The molecule has 4 nitrogen and oxygen atoms in total. The van der Waals surface area contributed by atoms with Gasteiger partial charge in [-0.2, -0.15) is 0 Å². The third kappa shape index (κ3) is 4.13. The van der Waals surface area contributed by atoms with Crippen molar-refractivity contribution < 1.29 is 19.1 Å². The fourth-order valence-corrected chi connectivity index (χ4v) is 8.63. The summed E-state index contributed by atoms with van der Waals surface area (Å²) in [6, 6.07) is 0. The largest absolute Gasteiger partial charge is 0.463 e. The minimum absolute atomic E-state index is 0.0149. The smallest absolute Gasteiger partial charge is 0.309 e. The number of hydrogen-bond acceptors (Lipinski definition) is 4. The van der Waals surface area contributed by atoms with Crippen LogP contribution >= 0.6 is 0 Å². The molecule has 4 fully saturated rings. The second kappa shape index (κ2) is 8.95. The molecule has 0 bridgehead atoms. The number of fused-ring (bicyclic) bond motifs is 5. The average Bonchev–Trinajstić information content (AvgIpc) is 3.06. The van der Waals surface area contributed by atoms with Gasteiger partial charge in [0.25, 0.3) is 0 Å². The molecule has 0 spiro atoms. The van der Waals surface area contributed by atoms with Crippen LogP contribution in [-0.2, 0) is 19.1 Å². The van der Waals surface area contributed by atoms with Crippen molar-refractivity contribution in [3.8, 4) is 0 Å². The first-order chi connectivity index (χ1) is 15.1. The van der Waals surface area contributed by atoms with Gasteiger partial charge in [-0.3, -0.25) is 9.59 Å². The van der Waals surface area contributed by atoms with Gasteiger partial charge in [-0.25, -0.2) is 0 Å². The van der Waals surface area contributed by atoms with E-state index in [1.165, 1.54) is 51.9 Å². The summed E-state index contributed by atoms with van der Waals surface area (Å²) in [7, 11) is 0. The van der Waals surface area contributed by atoms with Crippen molar-refractivity contribution in [3.63, 3.8) is 0 Å². The van der Waals surface area contributed by atoms with E-state index in [-0.39, 0.29) is 35.5 Å². The molecule has 1 heterocycles. The van der Waals surface area contributed by atoms with Crippen LogP contribution < -0.4 is 0 Å². The molecule has 1 aliphatic heterocycles. The van der Waals surface area contributed by atoms with Gasteiger partial charge in [0.1, 0.15) is 12.2 Å². The van der Waals surface area contributed by atoms with E-state index in [1.807, 2.05) is 0 Å². The third-order valence-corrected chi connectivity index (χ3v) is 10.4. The molecule has 32 heavy (non-hydrogen) atoms. The first kappa shape index (κ1) is 24.1. The minimum atomic E-state index is -0.242. The van der Waals surface area contributed by atoms with Crippen molar-refractivity contribution in [3.05, 3.63) is 0 Å². The Morgan fingerprint density at radius 2 is 1.72 bits per heavy atom. The van der Waals surface area contributed by atoms with Gasteiger partial charge in [-0.1, -0.05) is 53.9 Å². The molecule has 0 radical (unpaired) electrons. The first-order valence-corrected chi connectivity index (χ1v) is 13.4. The molecule has 0 aromatic rings. The van der Waals surface area contributed by atoms with Crippen LogP contribution in [0.2, 0.25) is 0 Å². The average molecular weight is 447 g/mol. The number of ether oxygens (including phenoxy) is 2. The molecular formula is C28H46O4. The van der Waals surface area contributed by atoms with Crippen molar-refractivity contribution in [1.29, 1.82) is 0 Å². The number of esters is 2. The van der Waals surface area contributed by atoms with Crippen LogP contribution in [0.4, 0.5) is 0 Å². The lowest BCUT2D eigenvalue weighted by Gasteiger charge is -2.59. The molecule has 0 N–H and O–H groups in total. The van der Waals surface area contributed by atoms with Crippen LogP contribution in [-0.4, -0.2) is 24.1 Å². The highest BCUT2D eigenvalue weighted by Gasteiger charge is 2.64. The van der Waals surface area contributed by atoms with Gasteiger partial charge in [-0.05, 0) is 73.5 Å². The van der Waals surface area contributed by atoms with Crippen LogP contribution in [0.3, 0.4) is 0 Å². The monoisotopic (exact) mass is 446 g/mol. The summed E-state index contributed by atoms with van der Waals surface area (Å²) in [5, 5.41) is 0. The SMILES string of the molecule is CC(=O)O[C@H]1CC[C@@]2(C)[C@H](C1)C(=O)O[C@H]1[C@H]2CC[C@@]2(C)[C@H]1CC[C@H]2[C@@H](C)CCCC(C)C. The Kier molecular flexibility index (Phi) is 6.73. The van der Waals surface area contributed by atoms with Crippen LogP contribution in [0.5, 0.6) is 0 Å². The van der Waals surface area contributed by atoms with Crippen molar-refractivity contribution in [2.45, 2.75) is 118 Å². The summed E-state index contributed by atoms with van der Waals surface area (Å²) in [5.74, 6) is 2.86. The summed E-state index contributed by atoms with van der Waals surface area (Å²) in [4.78, 5) is 24.7. The maximum atomic E-state index is 13.3. The van der Waals surface area contributed by atoms with E-state index in [4.69, 9.17) is 9.47 Å². The molecule has 0 amide bonds. The zero-order valence-corrected chi connectivity index (χ0v) is 21.3. The second-order valence-electron chi connectivity index (χ2n) is 12.7. The molecule has 3 saturated carbocycles. The number of rotatable bonds is 6. The molecule has 182 valence electrons. The topological polar surface area (TPSA) is 52.6 Å². The number of carbonyl (C=O) groups is 2. The fourth-order valence-electron chi connectivity index (χ4n) is 8.63. The van der Waals surface area contributed by atoms with Gasteiger partial charge < -0.3 is 9.47 Å².